The minimum atomic E-state index is -4.39. The smallest absolute Gasteiger partial charge is 0.296 e. The number of aryl methyl sites for hydroxylation is 2. The van der Waals surface area contributed by atoms with Gasteiger partial charge in [-0.2, -0.15) is 18.6 Å². The molecule has 2 aromatic carbocycles. The Bertz CT molecular complexity index is 797. The first-order valence-corrected chi connectivity index (χ1v) is 7.57. The fourth-order valence-corrected chi connectivity index (χ4v) is 2.37. The summed E-state index contributed by atoms with van der Waals surface area (Å²) in [5.41, 5.74) is 8.31. The normalized spacial score (nSPS) is 12.0. The summed E-state index contributed by atoms with van der Waals surface area (Å²) in [6.07, 6.45) is 0. The molecule has 2 aromatic rings. The second kappa shape index (κ2) is 5.63. The van der Waals surface area contributed by atoms with E-state index in [-0.39, 0.29) is 10.6 Å². The third-order valence-corrected chi connectivity index (χ3v) is 3.82. The van der Waals surface area contributed by atoms with Gasteiger partial charge in [0.2, 0.25) is 0 Å². The van der Waals surface area contributed by atoms with E-state index >= 15 is 0 Å². The number of benzene rings is 2. The molecule has 2 rings (SSSR count). The molecule has 0 saturated carbocycles. The van der Waals surface area contributed by atoms with Gasteiger partial charge in [-0.15, -0.1) is 0 Å². The lowest BCUT2D eigenvalue weighted by Crippen LogP contribution is -2.03. The van der Waals surface area contributed by atoms with E-state index in [4.69, 9.17) is 10.3 Å². The Morgan fingerprint density at radius 3 is 2.24 bits per heavy atom. The van der Waals surface area contributed by atoms with Crippen LogP contribution in [-0.2, 0) is 10.1 Å². The number of hydrogen-bond donors (Lipinski definition) is 2. The summed E-state index contributed by atoms with van der Waals surface area (Å²) in [5.74, 6) is 0. The monoisotopic (exact) mass is 305 g/mol. The van der Waals surface area contributed by atoms with Crippen LogP contribution in [0.3, 0.4) is 0 Å². The summed E-state index contributed by atoms with van der Waals surface area (Å²) in [4.78, 5) is -0.369. The summed E-state index contributed by atoms with van der Waals surface area (Å²) < 4.78 is 31.6. The van der Waals surface area contributed by atoms with Crippen LogP contribution < -0.4 is 5.73 Å². The van der Waals surface area contributed by atoms with Gasteiger partial charge in [0.05, 0.1) is 17.1 Å². The van der Waals surface area contributed by atoms with E-state index in [0.29, 0.717) is 16.9 Å². The number of anilines is 1. The van der Waals surface area contributed by atoms with Gasteiger partial charge in [-0.3, -0.25) is 4.55 Å². The zero-order valence-electron chi connectivity index (χ0n) is 11.6. The Labute approximate surface area is 123 Å². The van der Waals surface area contributed by atoms with E-state index < -0.39 is 10.1 Å². The third-order valence-electron chi connectivity index (χ3n) is 2.91. The summed E-state index contributed by atoms with van der Waals surface area (Å²) in [7, 11) is -4.39. The Kier molecular flexibility index (Phi) is 4.06. The fourth-order valence-electron chi connectivity index (χ4n) is 1.75. The topological polar surface area (TPSA) is 105 Å². The summed E-state index contributed by atoms with van der Waals surface area (Å²) in [6.45, 7) is 3.69. The van der Waals surface area contributed by atoms with Gasteiger partial charge < -0.3 is 5.73 Å². The quantitative estimate of drug-likeness (QED) is 0.514. The van der Waals surface area contributed by atoms with Crippen molar-refractivity contribution >= 4 is 27.2 Å². The number of nitrogen functional groups attached to an aromatic ring is 1. The molecule has 6 nitrogen and oxygen atoms in total. The van der Waals surface area contributed by atoms with Crippen LogP contribution in [0.25, 0.3) is 0 Å². The average Bonchev–Trinajstić information content (AvgIpc) is 2.38. The lowest BCUT2D eigenvalue weighted by molar-refractivity contribution is 0.483. The highest BCUT2D eigenvalue weighted by atomic mass is 32.2. The van der Waals surface area contributed by atoms with Gasteiger partial charge in [0.1, 0.15) is 4.90 Å². The van der Waals surface area contributed by atoms with Gasteiger partial charge in [0.25, 0.3) is 10.1 Å². The summed E-state index contributed by atoms with van der Waals surface area (Å²) in [6, 6.07) is 10.0. The maximum absolute atomic E-state index is 11.2. The molecule has 0 aliphatic heterocycles. The molecule has 0 aromatic heterocycles. The van der Waals surface area contributed by atoms with Crippen molar-refractivity contribution in [3.8, 4) is 0 Å². The molecule has 7 heteroatoms. The SMILES string of the molecule is Cc1ccc(N=Nc2cc(S(=O)(=O)O)c(N)cc2C)cc1. The molecule has 0 aliphatic rings. The lowest BCUT2D eigenvalue weighted by atomic mass is 10.2. The second-order valence-corrected chi connectivity index (χ2v) is 6.08. The highest BCUT2D eigenvalue weighted by molar-refractivity contribution is 7.86. The molecule has 0 spiro atoms. The minimum absolute atomic E-state index is 0.0238. The highest BCUT2D eigenvalue weighted by Gasteiger charge is 2.16. The van der Waals surface area contributed by atoms with E-state index in [2.05, 4.69) is 10.2 Å². The molecule has 0 fully saturated rings. The predicted octanol–water partition coefficient (Wildman–Crippen LogP) is 3.55. The number of rotatable bonds is 3. The Balaban J connectivity index is 2.42. The van der Waals surface area contributed by atoms with E-state index in [9.17, 15) is 8.42 Å². The fraction of sp³-hybridized carbons (Fsp3) is 0.143. The minimum Gasteiger partial charge on any atom is -0.398 e. The third kappa shape index (κ3) is 3.65. The first-order chi connectivity index (χ1) is 9.77. The van der Waals surface area contributed by atoms with E-state index in [1.54, 1.807) is 19.1 Å². The molecule has 3 N–H and O–H groups in total. The molecule has 0 atom stereocenters. The second-order valence-electron chi connectivity index (χ2n) is 4.69. The van der Waals surface area contributed by atoms with Crippen molar-refractivity contribution in [1.82, 2.24) is 0 Å². The molecule has 0 amide bonds. The number of hydrogen-bond acceptors (Lipinski definition) is 5. The van der Waals surface area contributed by atoms with Crippen LogP contribution in [0.1, 0.15) is 11.1 Å². The van der Waals surface area contributed by atoms with Crippen molar-refractivity contribution in [1.29, 1.82) is 0 Å². The molecule has 0 aliphatic carbocycles. The Morgan fingerprint density at radius 2 is 1.67 bits per heavy atom. The van der Waals surface area contributed by atoms with Crippen molar-refractivity contribution in [3.05, 3.63) is 47.5 Å². The molecule has 0 heterocycles. The Morgan fingerprint density at radius 1 is 1.05 bits per heavy atom. The van der Waals surface area contributed by atoms with Crippen LogP contribution in [0, 0.1) is 13.8 Å². The maximum Gasteiger partial charge on any atom is 0.296 e. The first-order valence-electron chi connectivity index (χ1n) is 6.13. The van der Waals surface area contributed by atoms with E-state index in [1.807, 2.05) is 19.1 Å². The van der Waals surface area contributed by atoms with Gasteiger partial charge in [-0.25, -0.2) is 0 Å². The van der Waals surface area contributed by atoms with Gasteiger partial charge in [0.15, 0.2) is 0 Å². The molecule has 21 heavy (non-hydrogen) atoms. The number of nitrogens with two attached hydrogens (primary N) is 1. The lowest BCUT2D eigenvalue weighted by Gasteiger charge is -2.06. The zero-order valence-corrected chi connectivity index (χ0v) is 12.4. The van der Waals surface area contributed by atoms with Crippen molar-refractivity contribution in [3.63, 3.8) is 0 Å². The van der Waals surface area contributed by atoms with E-state index in [0.717, 1.165) is 5.56 Å². The standard InChI is InChI=1S/C14H15N3O3S/c1-9-3-5-11(6-4-9)16-17-13-8-14(21(18,19)20)12(15)7-10(13)2/h3-8H,15H2,1-2H3,(H,18,19,20). The predicted molar refractivity (Wildman–Crippen MR) is 80.8 cm³/mol. The van der Waals surface area contributed by atoms with Gasteiger partial charge >= 0.3 is 0 Å². The van der Waals surface area contributed by atoms with Crippen LogP contribution in [0.2, 0.25) is 0 Å². The Hall–Kier alpha value is -2.25. The van der Waals surface area contributed by atoms with Gasteiger partial charge in [-0.05, 0) is 43.7 Å². The molecule has 0 saturated heterocycles. The first kappa shape index (κ1) is 15.1. The van der Waals surface area contributed by atoms with Crippen molar-refractivity contribution in [2.45, 2.75) is 18.7 Å². The zero-order chi connectivity index (χ0) is 15.6. The molecule has 0 radical (unpaired) electrons. The van der Waals surface area contributed by atoms with Crippen LogP contribution >= 0.6 is 0 Å². The van der Waals surface area contributed by atoms with Crippen molar-refractivity contribution < 1.29 is 13.0 Å². The maximum atomic E-state index is 11.2. The van der Waals surface area contributed by atoms with Gasteiger partial charge in [-0.1, -0.05) is 17.7 Å². The number of nitrogens with zero attached hydrogens (tertiary/aromatic N) is 2. The summed E-state index contributed by atoms with van der Waals surface area (Å²) >= 11 is 0. The summed E-state index contributed by atoms with van der Waals surface area (Å²) in [5, 5.41) is 8.05. The van der Waals surface area contributed by atoms with Crippen LogP contribution in [0.5, 0.6) is 0 Å². The average molecular weight is 305 g/mol. The van der Waals surface area contributed by atoms with Crippen LogP contribution in [0.4, 0.5) is 17.1 Å². The van der Waals surface area contributed by atoms with Crippen LogP contribution in [-0.4, -0.2) is 13.0 Å². The molecular weight excluding hydrogens is 290 g/mol. The molecule has 0 bridgehead atoms. The molecule has 110 valence electrons. The van der Waals surface area contributed by atoms with Gasteiger partial charge in [0, 0.05) is 0 Å². The molecule has 0 unspecified atom stereocenters. The number of azo groups is 1. The van der Waals surface area contributed by atoms with Crippen molar-refractivity contribution in [2.24, 2.45) is 10.2 Å². The highest BCUT2D eigenvalue weighted by Crippen LogP contribution is 2.29. The largest absolute Gasteiger partial charge is 0.398 e. The molecular formula is C14H15N3O3S. The van der Waals surface area contributed by atoms with E-state index in [1.165, 1.54) is 12.1 Å². The van der Waals surface area contributed by atoms with Crippen LogP contribution in [0.15, 0.2) is 51.5 Å². The van der Waals surface area contributed by atoms with Crippen molar-refractivity contribution in [2.75, 3.05) is 5.73 Å².